The van der Waals surface area contributed by atoms with Gasteiger partial charge in [0.25, 0.3) is 5.91 Å². The fourth-order valence-corrected chi connectivity index (χ4v) is 3.39. The van der Waals surface area contributed by atoms with Crippen LogP contribution in [0, 0.1) is 6.92 Å². The molecular weight excluding hydrogens is 300 g/mol. The topological polar surface area (TPSA) is 74.3 Å². The van der Waals surface area contributed by atoms with Crippen LogP contribution >= 0.6 is 11.5 Å². The van der Waals surface area contributed by atoms with Gasteiger partial charge in [0.15, 0.2) is 0 Å². The number of hydrogen-bond donors (Lipinski definition) is 2. The second kappa shape index (κ2) is 8.12. The first kappa shape index (κ1) is 16.7. The molecule has 22 heavy (non-hydrogen) atoms. The summed E-state index contributed by atoms with van der Waals surface area (Å²) in [4.78, 5) is 26.0. The Morgan fingerprint density at radius 3 is 2.95 bits per heavy atom. The second-order valence-corrected chi connectivity index (χ2v) is 6.30. The van der Waals surface area contributed by atoms with Crippen molar-refractivity contribution in [3.05, 3.63) is 11.3 Å². The summed E-state index contributed by atoms with van der Waals surface area (Å²) in [5.41, 5.74) is 1.37. The van der Waals surface area contributed by atoms with E-state index < -0.39 is 0 Å². The molecule has 0 unspecified atom stereocenters. The lowest BCUT2D eigenvalue weighted by atomic mass is 10.2. The molecule has 2 amide bonds. The number of aromatic nitrogens is 1. The Balaban J connectivity index is 1.77. The number of nitrogens with zero attached hydrogens (tertiary/aromatic N) is 2. The molecule has 0 saturated carbocycles. The van der Waals surface area contributed by atoms with Crippen molar-refractivity contribution < 1.29 is 9.59 Å². The largest absolute Gasteiger partial charge is 0.378 e. The van der Waals surface area contributed by atoms with Gasteiger partial charge in [-0.25, -0.2) is 0 Å². The molecule has 7 heteroatoms. The summed E-state index contributed by atoms with van der Waals surface area (Å²) in [6, 6.07) is 0. The molecule has 1 aliphatic rings. The van der Waals surface area contributed by atoms with Gasteiger partial charge in [0.2, 0.25) is 5.91 Å². The van der Waals surface area contributed by atoms with E-state index in [-0.39, 0.29) is 11.8 Å². The highest BCUT2D eigenvalue weighted by molar-refractivity contribution is 7.10. The number of carbonyl (C=O) groups is 2. The van der Waals surface area contributed by atoms with Crippen LogP contribution in [-0.2, 0) is 4.79 Å². The van der Waals surface area contributed by atoms with Gasteiger partial charge in [-0.3, -0.25) is 9.59 Å². The monoisotopic (exact) mass is 324 g/mol. The quantitative estimate of drug-likeness (QED) is 0.785. The number of anilines is 1. The van der Waals surface area contributed by atoms with E-state index in [0.717, 1.165) is 49.5 Å². The molecule has 0 spiro atoms. The molecule has 0 aromatic carbocycles. The molecule has 122 valence electrons. The van der Waals surface area contributed by atoms with Gasteiger partial charge < -0.3 is 15.5 Å². The fraction of sp³-hybridized carbons (Fsp3) is 0.667. The van der Waals surface area contributed by atoms with Crippen molar-refractivity contribution in [3.8, 4) is 0 Å². The third-order valence-electron chi connectivity index (χ3n) is 3.88. The Kier molecular flexibility index (Phi) is 6.18. The number of rotatable bonds is 6. The summed E-state index contributed by atoms with van der Waals surface area (Å²) in [6.07, 6.45) is 4.67. The van der Waals surface area contributed by atoms with E-state index in [1.165, 1.54) is 11.5 Å². The standard InChI is InChI=1S/C15H24N4O2S/c1-11-13(15(16-2)22-18-11)14(21)17-8-6-10-19-9-5-3-4-7-12(19)20/h16H,3-10H2,1-2H3,(H,17,21). The minimum Gasteiger partial charge on any atom is -0.378 e. The molecule has 1 saturated heterocycles. The van der Waals surface area contributed by atoms with Crippen LogP contribution in [0.5, 0.6) is 0 Å². The highest BCUT2D eigenvalue weighted by Gasteiger charge is 2.18. The van der Waals surface area contributed by atoms with Crippen LogP contribution in [0.3, 0.4) is 0 Å². The van der Waals surface area contributed by atoms with Crippen molar-refractivity contribution in [2.45, 2.75) is 39.0 Å². The van der Waals surface area contributed by atoms with Crippen LogP contribution < -0.4 is 10.6 Å². The third kappa shape index (κ3) is 4.19. The van der Waals surface area contributed by atoms with E-state index in [1.807, 2.05) is 11.8 Å². The van der Waals surface area contributed by atoms with Gasteiger partial charge in [0.05, 0.1) is 11.3 Å². The van der Waals surface area contributed by atoms with Crippen LogP contribution in [0.2, 0.25) is 0 Å². The first-order chi connectivity index (χ1) is 10.6. The van der Waals surface area contributed by atoms with E-state index >= 15 is 0 Å². The lowest BCUT2D eigenvalue weighted by molar-refractivity contribution is -0.130. The van der Waals surface area contributed by atoms with Gasteiger partial charge in [-0.15, -0.1) is 0 Å². The number of likely N-dealkylation sites (tertiary alicyclic amines) is 1. The maximum absolute atomic E-state index is 12.2. The molecule has 0 radical (unpaired) electrons. The van der Waals surface area contributed by atoms with E-state index in [0.29, 0.717) is 18.5 Å². The van der Waals surface area contributed by atoms with Crippen molar-refractivity contribution in [2.24, 2.45) is 0 Å². The van der Waals surface area contributed by atoms with Crippen molar-refractivity contribution >= 4 is 28.3 Å². The van der Waals surface area contributed by atoms with Crippen LogP contribution in [0.25, 0.3) is 0 Å². The second-order valence-electron chi connectivity index (χ2n) is 5.52. The van der Waals surface area contributed by atoms with Crippen molar-refractivity contribution in [1.29, 1.82) is 0 Å². The van der Waals surface area contributed by atoms with Crippen molar-refractivity contribution in [3.63, 3.8) is 0 Å². The van der Waals surface area contributed by atoms with Gasteiger partial charge >= 0.3 is 0 Å². The van der Waals surface area contributed by atoms with Crippen LogP contribution in [-0.4, -0.2) is 47.8 Å². The zero-order chi connectivity index (χ0) is 15.9. The maximum atomic E-state index is 12.2. The Morgan fingerprint density at radius 2 is 2.18 bits per heavy atom. The van der Waals surface area contributed by atoms with Gasteiger partial charge in [-0.1, -0.05) is 6.42 Å². The summed E-state index contributed by atoms with van der Waals surface area (Å²) in [6.45, 7) is 3.98. The molecule has 2 rings (SSSR count). The number of carbonyl (C=O) groups excluding carboxylic acids is 2. The van der Waals surface area contributed by atoms with Gasteiger partial charge in [0.1, 0.15) is 5.00 Å². The molecule has 1 aromatic heterocycles. The summed E-state index contributed by atoms with van der Waals surface area (Å²) in [5, 5.41) is 6.70. The molecule has 1 aromatic rings. The lowest BCUT2D eigenvalue weighted by Gasteiger charge is -2.20. The number of hydrogen-bond acceptors (Lipinski definition) is 5. The Labute approximate surface area is 135 Å². The molecule has 2 N–H and O–H groups in total. The average Bonchev–Trinajstić information content (AvgIpc) is 2.76. The molecule has 0 aliphatic carbocycles. The smallest absolute Gasteiger partial charge is 0.256 e. The summed E-state index contributed by atoms with van der Waals surface area (Å²) in [5.74, 6) is 0.150. The van der Waals surface area contributed by atoms with E-state index in [9.17, 15) is 9.59 Å². The predicted octanol–water partition coefficient (Wildman–Crippen LogP) is 2.02. The Bertz CT molecular complexity index is 530. The summed E-state index contributed by atoms with van der Waals surface area (Å²) in [7, 11) is 1.79. The molecule has 2 heterocycles. The Hall–Kier alpha value is -1.63. The normalized spacial score (nSPS) is 15.5. The molecule has 6 nitrogen and oxygen atoms in total. The van der Waals surface area contributed by atoms with Crippen molar-refractivity contribution in [2.75, 3.05) is 32.0 Å². The minimum absolute atomic E-state index is 0.0993. The minimum atomic E-state index is -0.0993. The van der Waals surface area contributed by atoms with Crippen LogP contribution in [0.4, 0.5) is 5.00 Å². The SMILES string of the molecule is CNc1snc(C)c1C(=O)NCCCN1CCCCCC1=O. The number of amides is 2. The van der Waals surface area contributed by atoms with Gasteiger partial charge in [-0.2, -0.15) is 4.37 Å². The first-order valence-electron chi connectivity index (χ1n) is 7.83. The summed E-state index contributed by atoms with van der Waals surface area (Å²) < 4.78 is 4.20. The Morgan fingerprint density at radius 1 is 1.36 bits per heavy atom. The molecule has 1 fully saturated rings. The lowest BCUT2D eigenvalue weighted by Crippen LogP contribution is -2.34. The molecule has 1 aliphatic heterocycles. The average molecular weight is 324 g/mol. The van der Waals surface area contributed by atoms with Crippen molar-refractivity contribution in [1.82, 2.24) is 14.6 Å². The van der Waals surface area contributed by atoms with E-state index in [2.05, 4.69) is 15.0 Å². The van der Waals surface area contributed by atoms with Gasteiger partial charge in [0, 0.05) is 33.1 Å². The van der Waals surface area contributed by atoms with E-state index in [4.69, 9.17) is 0 Å². The highest BCUT2D eigenvalue weighted by Crippen LogP contribution is 2.23. The third-order valence-corrected chi connectivity index (χ3v) is 4.83. The zero-order valence-corrected chi connectivity index (χ0v) is 14.1. The van der Waals surface area contributed by atoms with Gasteiger partial charge in [-0.05, 0) is 37.7 Å². The predicted molar refractivity (Wildman–Crippen MR) is 88.4 cm³/mol. The number of nitrogens with one attached hydrogen (secondary N) is 2. The number of aryl methyl sites for hydroxylation is 1. The van der Waals surface area contributed by atoms with E-state index in [1.54, 1.807) is 7.05 Å². The molecule has 0 atom stereocenters. The molecular formula is C15H24N4O2S. The fourth-order valence-electron chi connectivity index (χ4n) is 2.64. The zero-order valence-electron chi connectivity index (χ0n) is 13.3. The van der Waals surface area contributed by atoms with Crippen LogP contribution in [0.15, 0.2) is 0 Å². The summed E-state index contributed by atoms with van der Waals surface area (Å²) >= 11 is 1.29. The molecule has 0 bridgehead atoms. The van der Waals surface area contributed by atoms with Crippen LogP contribution in [0.1, 0.15) is 48.2 Å². The first-order valence-corrected chi connectivity index (χ1v) is 8.61. The highest BCUT2D eigenvalue weighted by atomic mass is 32.1. The maximum Gasteiger partial charge on any atom is 0.256 e.